The standard InChI is InChI=1S/C13H26N4O/c1-15(2)13(18)17-8-5-11(6-9-17)14-12-4-7-16(3)10-12/h11-12,14H,4-10H2,1-3H3. The summed E-state index contributed by atoms with van der Waals surface area (Å²) in [5.41, 5.74) is 0. The smallest absolute Gasteiger partial charge is 0.319 e. The molecule has 0 radical (unpaired) electrons. The molecule has 2 saturated heterocycles. The summed E-state index contributed by atoms with van der Waals surface area (Å²) in [6.45, 7) is 4.14. The number of piperidine rings is 1. The number of likely N-dealkylation sites (tertiary alicyclic amines) is 2. The summed E-state index contributed by atoms with van der Waals surface area (Å²) in [5.74, 6) is 0. The fourth-order valence-electron chi connectivity index (χ4n) is 2.92. The minimum Gasteiger partial charge on any atom is -0.331 e. The maximum atomic E-state index is 11.8. The number of amides is 2. The van der Waals surface area contributed by atoms with Gasteiger partial charge in [-0.1, -0.05) is 0 Å². The van der Waals surface area contributed by atoms with Gasteiger partial charge in [0.25, 0.3) is 0 Å². The molecular formula is C13H26N4O. The first-order chi connectivity index (χ1) is 8.56. The molecule has 2 amide bonds. The molecule has 0 aliphatic carbocycles. The molecule has 1 unspecified atom stereocenters. The maximum Gasteiger partial charge on any atom is 0.319 e. The van der Waals surface area contributed by atoms with E-state index in [1.165, 1.54) is 13.0 Å². The summed E-state index contributed by atoms with van der Waals surface area (Å²) in [6, 6.07) is 1.39. The van der Waals surface area contributed by atoms with E-state index in [1.54, 1.807) is 4.90 Å². The van der Waals surface area contributed by atoms with Gasteiger partial charge >= 0.3 is 6.03 Å². The SMILES string of the molecule is CN1CCC(NC2CCN(C(=O)N(C)C)CC2)C1. The van der Waals surface area contributed by atoms with Crippen LogP contribution in [0.4, 0.5) is 4.79 Å². The summed E-state index contributed by atoms with van der Waals surface area (Å²) in [7, 11) is 5.82. The number of hydrogen-bond acceptors (Lipinski definition) is 3. The van der Waals surface area contributed by atoms with Gasteiger partial charge in [0.2, 0.25) is 0 Å². The van der Waals surface area contributed by atoms with Crippen LogP contribution in [0.25, 0.3) is 0 Å². The molecule has 18 heavy (non-hydrogen) atoms. The number of carbonyl (C=O) groups is 1. The molecule has 104 valence electrons. The summed E-state index contributed by atoms with van der Waals surface area (Å²) in [6.07, 6.45) is 3.42. The topological polar surface area (TPSA) is 38.8 Å². The highest BCUT2D eigenvalue weighted by molar-refractivity contribution is 5.73. The highest BCUT2D eigenvalue weighted by atomic mass is 16.2. The zero-order chi connectivity index (χ0) is 13.1. The van der Waals surface area contributed by atoms with Crippen molar-refractivity contribution in [3.05, 3.63) is 0 Å². The van der Waals surface area contributed by atoms with Crippen LogP contribution in [-0.4, -0.2) is 80.1 Å². The number of urea groups is 1. The minimum absolute atomic E-state index is 0.147. The third-order valence-corrected chi connectivity index (χ3v) is 4.01. The Hall–Kier alpha value is -0.810. The van der Waals surface area contributed by atoms with E-state index in [2.05, 4.69) is 17.3 Å². The fraction of sp³-hybridized carbons (Fsp3) is 0.923. The van der Waals surface area contributed by atoms with Crippen LogP contribution in [0.3, 0.4) is 0 Å². The number of likely N-dealkylation sites (N-methyl/N-ethyl adjacent to an activating group) is 1. The van der Waals surface area contributed by atoms with Gasteiger partial charge in [-0.2, -0.15) is 0 Å². The first kappa shape index (κ1) is 13.6. The van der Waals surface area contributed by atoms with Crippen molar-refractivity contribution in [2.24, 2.45) is 0 Å². The predicted octanol–water partition coefficient (Wildman–Crippen LogP) is 0.426. The van der Waals surface area contributed by atoms with E-state index in [4.69, 9.17) is 0 Å². The van der Waals surface area contributed by atoms with Crippen molar-refractivity contribution in [3.8, 4) is 0 Å². The van der Waals surface area contributed by atoms with Gasteiger partial charge in [-0.3, -0.25) is 0 Å². The Balaban J connectivity index is 1.72. The van der Waals surface area contributed by atoms with Gasteiger partial charge in [0, 0.05) is 45.8 Å². The summed E-state index contributed by atoms with van der Waals surface area (Å²) in [5, 5.41) is 3.74. The van der Waals surface area contributed by atoms with Crippen LogP contribution >= 0.6 is 0 Å². The number of carbonyl (C=O) groups excluding carboxylic acids is 1. The summed E-state index contributed by atoms with van der Waals surface area (Å²) < 4.78 is 0. The molecule has 0 aromatic rings. The Morgan fingerprint density at radius 1 is 1.11 bits per heavy atom. The molecule has 2 aliphatic rings. The van der Waals surface area contributed by atoms with Crippen LogP contribution in [0.1, 0.15) is 19.3 Å². The molecule has 0 aromatic heterocycles. The summed E-state index contributed by atoms with van der Waals surface area (Å²) >= 11 is 0. The molecule has 1 N–H and O–H groups in total. The number of nitrogens with zero attached hydrogens (tertiary/aromatic N) is 3. The van der Waals surface area contributed by atoms with Crippen molar-refractivity contribution in [2.75, 3.05) is 47.3 Å². The van der Waals surface area contributed by atoms with Crippen molar-refractivity contribution in [1.82, 2.24) is 20.0 Å². The molecule has 2 fully saturated rings. The van der Waals surface area contributed by atoms with E-state index in [0.29, 0.717) is 12.1 Å². The van der Waals surface area contributed by atoms with Gasteiger partial charge in [-0.05, 0) is 32.9 Å². The van der Waals surface area contributed by atoms with Gasteiger partial charge in [-0.15, -0.1) is 0 Å². The lowest BCUT2D eigenvalue weighted by molar-refractivity contribution is 0.150. The van der Waals surface area contributed by atoms with Crippen LogP contribution in [0.2, 0.25) is 0 Å². The lowest BCUT2D eigenvalue weighted by atomic mass is 10.0. The van der Waals surface area contributed by atoms with E-state index >= 15 is 0 Å². The van der Waals surface area contributed by atoms with Crippen LogP contribution in [0.5, 0.6) is 0 Å². The molecular weight excluding hydrogens is 228 g/mol. The minimum atomic E-state index is 0.147. The molecule has 5 heteroatoms. The second-order valence-corrected chi connectivity index (χ2v) is 5.85. The molecule has 1 atom stereocenters. The van der Waals surface area contributed by atoms with E-state index in [0.717, 1.165) is 32.5 Å². The van der Waals surface area contributed by atoms with Crippen molar-refractivity contribution in [2.45, 2.75) is 31.3 Å². The van der Waals surface area contributed by atoms with Crippen molar-refractivity contribution >= 4 is 6.03 Å². The van der Waals surface area contributed by atoms with E-state index in [-0.39, 0.29) is 6.03 Å². The number of hydrogen-bond donors (Lipinski definition) is 1. The van der Waals surface area contributed by atoms with Crippen molar-refractivity contribution in [1.29, 1.82) is 0 Å². The Morgan fingerprint density at radius 2 is 1.72 bits per heavy atom. The van der Waals surface area contributed by atoms with E-state index in [9.17, 15) is 4.79 Å². The third kappa shape index (κ3) is 3.36. The molecule has 0 bridgehead atoms. The Labute approximate surface area is 110 Å². The van der Waals surface area contributed by atoms with Crippen molar-refractivity contribution in [3.63, 3.8) is 0 Å². The van der Waals surface area contributed by atoms with Crippen LogP contribution in [-0.2, 0) is 0 Å². The van der Waals surface area contributed by atoms with Crippen LogP contribution in [0, 0.1) is 0 Å². The quantitative estimate of drug-likeness (QED) is 0.776. The monoisotopic (exact) mass is 254 g/mol. The molecule has 2 aliphatic heterocycles. The van der Waals surface area contributed by atoms with Crippen LogP contribution in [0.15, 0.2) is 0 Å². The van der Waals surface area contributed by atoms with Crippen molar-refractivity contribution < 1.29 is 4.79 Å². The average Bonchev–Trinajstić information content (AvgIpc) is 2.75. The zero-order valence-corrected chi connectivity index (χ0v) is 11.9. The number of rotatable bonds is 2. The largest absolute Gasteiger partial charge is 0.331 e. The molecule has 0 aromatic carbocycles. The fourth-order valence-corrected chi connectivity index (χ4v) is 2.92. The first-order valence-corrected chi connectivity index (χ1v) is 6.97. The second kappa shape index (κ2) is 5.89. The Kier molecular flexibility index (Phi) is 4.45. The average molecular weight is 254 g/mol. The molecule has 2 heterocycles. The first-order valence-electron chi connectivity index (χ1n) is 6.97. The van der Waals surface area contributed by atoms with Gasteiger partial charge < -0.3 is 20.0 Å². The Bertz CT molecular complexity index is 287. The van der Waals surface area contributed by atoms with E-state index < -0.39 is 0 Å². The Morgan fingerprint density at radius 3 is 2.22 bits per heavy atom. The second-order valence-electron chi connectivity index (χ2n) is 5.85. The third-order valence-electron chi connectivity index (χ3n) is 4.01. The van der Waals surface area contributed by atoms with Crippen LogP contribution < -0.4 is 5.32 Å². The molecule has 2 rings (SSSR count). The van der Waals surface area contributed by atoms with E-state index in [1.807, 2.05) is 19.0 Å². The predicted molar refractivity (Wildman–Crippen MR) is 72.7 cm³/mol. The zero-order valence-electron chi connectivity index (χ0n) is 11.9. The van der Waals surface area contributed by atoms with Gasteiger partial charge in [-0.25, -0.2) is 4.79 Å². The molecule has 5 nitrogen and oxygen atoms in total. The summed E-state index contributed by atoms with van der Waals surface area (Å²) in [4.78, 5) is 17.8. The lowest BCUT2D eigenvalue weighted by Gasteiger charge is -2.35. The molecule has 0 saturated carbocycles. The molecule has 0 spiro atoms. The highest BCUT2D eigenvalue weighted by Gasteiger charge is 2.27. The van der Waals surface area contributed by atoms with Gasteiger partial charge in [0.15, 0.2) is 0 Å². The maximum absolute atomic E-state index is 11.8. The van der Waals surface area contributed by atoms with Gasteiger partial charge in [0.05, 0.1) is 0 Å². The normalized spacial score (nSPS) is 26.6. The highest BCUT2D eigenvalue weighted by Crippen LogP contribution is 2.15. The van der Waals surface area contributed by atoms with Gasteiger partial charge in [0.1, 0.15) is 0 Å². The number of nitrogens with one attached hydrogen (secondary N) is 1. The lowest BCUT2D eigenvalue weighted by Crippen LogP contribution is -2.50.